The van der Waals surface area contributed by atoms with E-state index < -0.39 is 0 Å². The lowest BCUT2D eigenvalue weighted by Gasteiger charge is -1.96. The van der Waals surface area contributed by atoms with E-state index in [9.17, 15) is 4.79 Å². The van der Waals surface area contributed by atoms with Crippen LogP contribution in [0.15, 0.2) is 0 Å². The summed E-state index contributed by atoms with van der Waals surface area (Å²) < 4.78 is 0. The molecular formula is C6H11NO. The topological polar surface area (TPSA) is 29.1 Å². The lowest BCUT2D eigenvalue weighted by molar-refractivity contribution is -0.118. The second kappa shape index (κ2) is 4.62. The van der Waals surface area contributed by atoms with E-state index in [2.05, 4.69) is 5.32 Å². The van der Waals surface area contributed by atoms with Gasteiger partial charge in [-0.25, -0.2) is 0 Å². The Morgan fingerprint density at radius 3 is 2.75 bits per heavy atom. The van der Waals surface area contributed by atoms with Crippen molar-refractivity contribution in [2.45, 2.75) is 19.8 Å². The molecule has 8 heavy (non-hydrogen) atoms. The fourth-order valence-corrected chi connectivity index (χ4v) is 0.366. The third kappa shape index (κ3) is 5.47. The van der Waals surface area contributed by atoms with Crippen LogP contribution in [-0.2, 0) is 4.79 Å². The Kier molecular flexibility index (Phi) is 4.32. The van der Waals surface area contributed by atoms with Crippen molar-refractivity contribution >= 4 is 5.91 Å². The largest absolute Gasteiger partial charge is 0.356 e. The third-order valence-electron chi connectivity index (χ3n) is 0.755. The highest BCUT2D eigenvalue weighted by Crippen LogP contribution is 1.80. The standard InChI is InChI=1S/C6H11NO/c1-3-4-5-7-6(2)8/h1H,3-5H2,2H3,(H,7,8). The molecule has 0 aromatic carbocycles. The Bertz CT molecular complexity index is 70.9. The van der Waals surface area contributed by atoms with Crippen molar-refractivity contribution in [2.75, 3.05) is 6.54 Å². The Balaban J connectivity index is 2.82. The zero-order chi connectivity index (χ0) is 6.41. The Morgan fingerprint density at radius 2 is 2.38 bits per heavy atom. The smallest absolute Gasteiger partial charge is 0.216 e. The molecule has 1 amide bonds. The van der Waals surface area contributed by atoms with Crippen LogP contribution in [0.2, 0.25) is 0 Å². The number of amides is 1. The van der Waals surface area contributed by atoms with Gasteiger partial charge in [0.05, 0.1) is 0 Å². The lowest BCUT2D eigenvalue weighted by atomic mass is 10.3. The number of carbonyl (C=O) groups excluding carboxylic acids is 1. The minimum absolute atomic E-state index is 0.0125. The zero-order valence-electron chi connectivity index (χ0n) is 5.11. The molecule has 0 aliphatic carbocycles. The maximum absolute atomic E-state index is 10.2. The van der Waals surface area contributed by atoms with Gasteiger partial charge in [-0.05, 0) is 19.8 Å². The number of rotatable bonds is 3. The first-order valence-electron chi connectivity index (χ1n) is 2.72. The number of hydrogen-bond acceptors (Lipinski definition) is 1. The van der Waals surface area contributed by atoms with E-state index >= 15 is 0 Å². The van der Waals surface area contributed by atoms with Crippen molar-refractivity contribution < 1.29 is 4.79 Å². The van der Waals surface area contributed by atoms with E-state index in [1.54, 1.807) is 0 Å². The molecule has 2 nitrogen and oxygen atoms in total. The van der Waals surface area contributed by atoms with E-state index in [-0.39, 0.29) is 5.91 Å². The van der Waals surface area contributed by atoms with Crippen LogP contribution in [-0.4, -0.2) is 12.5 Å². The van der Waals surface area contributed by atoms with Gasteiger partial charge in [0, 0.05) is 13.5 Å². The summed E-state index contributed by atoms with van der Waals surface area (Å²) in [5, 5.41) is 2.63. The van der Waals surface area contributed by atoms with Crippen LogP contribution in [0.5, 0.6) is 0 Å². The first-order valence-corrected chi connectivity index (χ1v) is 2.72. The molecule has 0 bridgehead atoms. The molecule has 0 atom stereocenters. The predicted octanol–water partition coefficient (Wildman–Crippen LogP) is 0.614. The molecule has 0 fully saturated rings. The van der Waals surface area contributed by atoms with Crippen molar-refractivity contribution in [3.8, 4) is 0 Å². The maximum atomic E-state index is 10.2. The van der Waals surface area contributed by atoms with Crippen molar-refractivity contribution in [1.82, 2.24) is 5.32 Å². The van der Waals surface area contributed by atoms with Gasteiger partial charge in [0.15, 0.2) is 0 Å². The van der Waals surface area contributed by atoms with E-state index in [0.717, 1.165) is 6.42 Å². The van der Waals surface area contributed by atoms with E-state index in [0.29, 0.717) is 13.0 Å². The molecule has 2 heteroatoms. The minimum Gasteiger partial charge on any atom is -0.356 e. The summed E-state index contributed by atoms with van der Waals surface area (Å²) in [6.45, 7) is 7.36. The minimum atomic E-state index is 0.0125. The summed E-state index contributed by atoms with van der Waals surface area (Å²) >= 11 is 0. The summed E-state index contributed by atoms with van der Waals surface area (Å²) in [6.07, 6.45) is 1.50. The molecule has 0 aromatic rings. The quantitative estimate of drug-likeness (QED) is 0.534. The average molecular weight is 113 g/mol. The molecule has 0 saturated carbocycles. The zero-order valence-corrected chi connectivity index (χ0v) is 5.11. The highest BCUT2D eigenvalue weighted by molar-refractivity contribution is 5.72. The number of hydrogen-bond donors (Lipinski definition) is 1. The summed E-state index contributed by atoms with van der Waals surface area (Å²) in [6, 6.07) is 0. The van der Waals surface area contributed by atoms with Gasteiger partial charge < -0.3 is 5.32 Å². The van der Waals surface area contributed by atoms with Gasteiger partial charge in [-0.3, -0.25) is 4.79 Å². The molecule has 0 rings (SSSR count). The molecule has 46 valence electrons. The first-order chi connectivity index (χ1) is 3.77. The second-order valence-corrected chi connectivity index (χ2v) is 1.63. The van der Waals surface area contributed by atoms with Gasteiger partial charge in [-0.2, -0.15) is 0 Å². The fraction of sp³-hybridized carbons (Fsp3) is 0.667. The normalized spacial score (nSPS) is 8.75. The molecule has 0 saturated heterocycles. The van der Waals surface area contributed by atoms with Crippen LogP contribution >= 0.6 is 0 Å². The van der Waals surface area contributed by atoms with Crippen molar-refractivity contribution in [3.63, 3.8) is 0 Å². The SMILES string of the molecule is [CH]CCCNC(C)=O. The molecule has 2 radical (unpaired) electrons. The molecule has 0 unspecified atom stereocenters. The van der Waals surface area contributed by atoms with E-state index in [1.165, 1.54) is 6.92 Å². The van der Waals surface area contributed by atoms with Crippen molar-refractivity contribution in [1.29, 1.82) is 0 Å². The maximum Gasteiger partial charge on any atom is 0.216 e. The predicted molar refractivity (Wildman–Crippen MR) is 32.2 cm³/mol. The van der Waals surface area contributed by atoms with E-state index in [4.69, 9.17) is 6.92 Å². The Hall–Kier alpha value is -0.530. The van der Waals surface area contributed by atoms with Crippen molar-refractivity contribution in [3.05, 3.63) is 6.92 Å². The number of unbranched alkanes of at least 4 members (excludes halogenated alkanes) is 1. The van der Waals surface area contributed by atoms with Crippen LogP contribution < -0.4 is 5.32 Å². The Labute approximate surface area is 50.3 Å². The number of nitrogens with one attached hydrogen (secondary N) is 1. The Morgan fingerprint density at radius 1 is 1.75 bits per heavy atom. The molecule has 0 aliphatic rings. The molecule has 0 aliphatic heterocycles. The molecule has 0 aromatic heterocycles. The first kappa shape index (κ1) is 7.47. The van der Waals surface area contributed by atoms with Crippen molar-refractivity contribution in [2.24, 2.45) is 0 Å². The highest BCUT2D eigenvalue weighted by atomic mass is 16.1. The van der Waals surface area contributed by atoms with E-state index in [1.807, 2.05) is 0 Å². The van der Waals surface area contributed by atoms with Gasteiger partial charge in [-0.15, -0.1) is 0 Å². The summed E-state index contributed by atoms with van der Waals surface area (Å²) in [5.41, 5.74) is 0. The number of carbonyl (C=O) groups is 1. The molecule has 1 N–H and O–H groups in total. The molecular weight excluding hydrogens is 102 g/mol. The van der Waals surface area contributed by atoms with Gasteiger partial charge in [-0.1, -0.05) is 0 Å². The monoisotopic (exact) mass is 113 g/mol. The fourth-order valence-electron chi connectivity index (χ4n) is 0.366. The van der Waals surface area contributed by atoms with Crippen LogP contribution in [0.1, 0.15) is 19.8 Å². The lowest BCUT2D eigenvalue weighted by Crippen LogP contribution is -2.20. The summed E-state index contributed by atoms with van der Waals surface area (Å²) in [7, 11) is 0. The summed E-state index contributed by atoms with van der Waals surface area (Å²) in [4.78, 5) is 10.2. The van der Waals surface area contributed by atoms with Crippen LogP contribution in [0, 0.1) is 6.92 Å². The van der Waals surface area contributed by atoms with Crippen LogP contribution in [0.4, 0.5) is 0 Å². The average Bonchev–Trinajstić information content (AvgIpc) is 1.66. The highest BCUT2D eigenvalue weighted by Gasteiger charge is 1.85. The van der Waals surface area contributed by atoms with Gasteiger partial charge in [0.1, 0.15) is 0 Å². The van der Waals surface area contributed by atoms with Gasteiger partial charge in [0.2, 0.25) is 5.91 Å². The summed E-state index contributed by atoms with van der Waals surface area (Å²) in [5.74, 6) is 0.0125. The van der Waals surface area contributed by atoms with Gasteiger partial charge >= 0.3 is 0 Å². The third-order valence-corrected chi connectivity index (χ3v) is 0.755. The second-order valence-electron chi connectivity index (χ2n) is 1.63. The van der Waals surface area contributed by atoms with Crippen LogP contribution in [0.3, 0.4) is 0 Å². The molecule has 0 spiro atoms. The molecule has 0 heterocycles. The van der Waals surface area contributed by atoms with Crippen LogP contribution in [0.25, 0.3) is 0 Å². The van der Waals surface area contributed by atoms with Gasteiger partial charge in [0.25, 0.3) is 0 Å².